The Labute approximate surface area is 155 Å². The van der Waals surface area contributed by atoms with Gasteiger partial charge >= 0.3 is 0 Å². The van der Waals surface area contributed by atoms with Crippen molar-refractivity contribution in [2.24, 2.45) is 0 Å². The standard InChI is InChI=1S/C19H19FN2O3S/c1-21(2)9-10-22-16(14-4-3-11-26-14)15(18(24)19(22)25)17(23)12-5-7-13(20)8-6-12/h3-8,11,16,23H,9-10H2,1-2H3. The largest absolute Gasteiger partial charge is 0.872 e. The summed E-state index contributed by atoms with van der Waals surface area (Å²) in [5.74, 6) is -2.42. The predicted octanol–water partition coefficient (Wildman–Crippen LogP) is 0.256. The van der Waals surface area contributed by atoms with Crippen LogP contribution in [0.5, 0.6) is 0 Å². The van der Waals surface area contributed by atoms with Crippen LogP contribution in [0.4, 0.5) is 4.39 Å². The van der Waals surface area contributed by atoms with Crippen LogP contribution in [-0.4, -0.2) is 43.8 Å². The van der Waals surface area contributed by atoms with E-state index in [4.69, 9.17) is 0 Å². The highest BCUT2D eigenvalue weighted by Gasteiger charge is 2.44. The van der Waals surface area contributed by atoms with Crippen LogP contribution in [0, 0.1) is 5.82 Å². The third kappa shape index (κ3) is 3.40. The molecule has 136 valence electrons. The van der Waals surface area contributed by atoms with Gasteiger partial charge in [-0.3, -0.25) is 9.59 Å². The number of amides is 1. The second-order valence-corrected chi connectivity index (χ2v) is 7.43. The number of carbonyl (C=O) groups excluding carboxylic acids is 2. The number of carbonyl (C=O) groups is 2. The minimum absolute atomic E-state index is 0.0576. The number of Topliss-reactive ketones (excluding diaryl/α,β-unsaturated/α-hetero) is 1. The summed E-state index contributed by atoms with van der Waals surface area (Å²) in [4.78, 5) is 28.6. The number of hydrogen-bond acceptors (Lipinski definition) is 4. The number of quaternary nitrogens is 1. The molecular formula is C19H19FN2O3S. The molecule has 0 bridgehead atoms. The highest BCUT2D eigenvalue weighted by atomic mass is 32.1. The van der Waals surface area contributed by atoms with E-state index >= 15 is 0 Å². The Bertz CT molecular complexity index is 844. The first-order valence-electron chi connectivity index (χ1n) is 8.25. The minimum atomic E-state index is -0.772. The molecule has 2 heterocycles. The van der Waals surface area contributed by atoms with E-state index in [1.54, 1.807) is 0 Å². The lowest BCUT2D eigenvalue weighted by atomic mass is 10.00. The van der Waals surface area contributed by atoms with E-state index < -0.39 is 29.3 Å². The molecule has 1 aliphatic heterocycles. The molecule has 0 saturated carbocycles. The van der Waals surface area contributed by atoms with Crippen LogP contribution in [0.2, 0.25) is 0 Å². The summed E-state index contributed by atoms with van der Waals surface area (Å²) in [6.07, 6.45) is 0. The third-order valence-corrected chi connectivity index (χ3v) is 5.23. The molecular weight excluding hydrogens is 355 g/mol. The lowest BCUT2D eigenvalue weighted by molar-refractivity contribution is -0.857. The molecule has 1 fully saturated rings. The van der Waals surface area contributed by atoms with Crippen LogP contribution in [0.3, 0.4) is 0 Å². The first-order valence-corrected chi connectivity index (χ1v) is 9.13. The van der Waals surface area contributed by atoms with Gasteiger partial charge in [0.05, 0.1) is 33.2 Å². The summed E-state index contributed by atoms with van der Waals surface area (Å²) in [5, 5.41) is 14.8. The number of rotatable bonds is 5. The molecule has 1 aliphatic rings. The normalized spacial score (nSPS) is 19.5. The molecule has 3 rings (SSSR count). The molecule has 7 heteroatoms. The maximum absolute atomic E-state index is 13.2. The Kier molecular flexibility index (Phi) is 5.20. The molecule has 26 heavy (non-hydrogen) atoms. The number of likely N-dealkylation sites (tertiary alicyclic amines) is 1. The van der Waals surface area contributed by atoms with Gasteiger partial charge in [-0.25, -0.2) is 4.39 Å². The average molecular weight is 374 g/mol. The summed E-state index contributed by atoms with van der Waals surface area (Å²) in [5.41, 5.74) is 0.141. The van der Waals surface area contributed by atoms with Crippen LogP contribution in [0.25, 0.3) is 5.76 Å². The molecule has 1 aromatic carbocycles. The Morgan fingerprint density at radius 1 is 1.23 bits per heavy atom. The van der Waals surface area contributed by atoms with E-state index in [1.165, 1.54) is 40.5 Å². The highest BCUT2D eigenvalue weighted by Crippen LogP contribution is 2.40. The van der Waals surface area contributed by atoms with Crippen molar-refractivity contribution in [3.63, 3.8) is 0 Å². The van der Waals surface area contributed by atoms with Crippen LogP contribution in [0.1, 0.15) is 16.5 Å². The first-order chi connectivity index (χ1) is 12.4. The molecule has 0 radical (unpaired) electrons. The van der Waals surface area contributed by atoms with Crippen LogP contribution < -0.4 is 10.0 Å². The second kappa shape index (κ2) is 7.39. The van der Waals surface area contributed by atoms with Crippen molar-refractivity contribution in [3.05, 3.63) is 63.6 Å². The van der Waals surface area contributed by atoms with Gasteiger partial charge in [-0.05, 0) is 29.1 Å². The van der Waals surface area contributed by atoms with Crippen molar-refractivity contribution in [3.8, 4) is 0 Å². The average Bonchev–Trinajstić information content (AvgIpc) is 3.21. The number of benzene rings is 1. The number of likely N-dealkylation sites (N-methyl/N-ethyl adjacent to an activating group) is 1. The number of hydrogen-bond donors (Lipinski definition) is 1. The third-order valence-electron chi connectivity index (χ3n) is 4.30. The number of thiophene rings is 1. The van der Waals surface area contributed by atoms with Crippen LogP contribution in [0.15, 0.2) is 47.4 Å². The summed E-state index contributed by atoms with van der Waals surface area (Å²) in [7, 11) is 3.91. The summed E-state index contributed by atoms with van der Waals surface area (Å²) in [6.45, 7) is 1.02. The summed E-state index contributed by atoms with van der Waals surface area (Å²) >= 11 is 1.40. The molecule has 2 aromatic rings. The van der Waals surface area contributed by atoms with Crippen LogP contribution in [-0.2, 0) is 9.59 Å². The Hall–Kier alpha value is -2.51. The molecule has 1 atom stereocenters. The Morgan fingerprint density at radius 3 is 2.50 bits per heavy atom. The molecule has 1 N–H and O–H groups in total. The van der Waals surface area contributed by atoms with Crippen molar-refractivity contribution in [1.82, 2.24) is 4.90 Å². The maximum atomic E-state index is 13.2. The quantitative estimate of drug-likeness (QED) is 0.464. The monoisotopic (exact) mass is 374 g/mol. The van der Waals surface area contributed by atoms with E-state index in [0.29, 0.717) is 13.1 Å². The van der Waals surface area contributed by atoms with E-state index in [2.05, 4.69) is 0 Å². The zero-order valence-electron chi connectivity index (χ0n) is 14.5. The molecule has 0 aliphatic carbocycles. The lowest BCUT2D eigenvalue weighted by Gasteiger charge is -2.26. The highest BCUT2D eigenvalue weighted by molar-refractivity contribution is 7.10. The lowest BCUT2D eigenvalue weighted by Crippen LogP contribution is -3.06. The molecule has 0 spiro atoms. The van der Waals surface area contributed by atoms with Crippen molar-refractivity contribution < 1.29 is 24.0 Å². The molecule has 1 amide bonds. The van der Waals surface area contributed by atoms with Gasteiger partial charge < -0.3 is 14.9 Å². The minimum Gasteiger partial charge on any atom is -0.872 e. The van der Waals surface area contributed by atoms with Gasteiger partial charge in [0.25, 0.3) is 5.91 Å². The van der Waals surface area contributed by atoms with Gasteiger partial charge in [-0.1, -0.05) is 24.0 Å². The van der Waals surface area contributed by atoms with Gasteiger partial charge in [-0.2, -0.15) is 0 Å². The molecule has 1 saturated heterocycles. The summed E-state index contributed by atoms with van der Waals surface area (Å²) in [6, 6.07) is 7.95. The Morgan fingerprint density at radius 2 is 1.92 bits per heavy atom. The van der Waals surface area contributed by atoms with Crippen molar-refractivity contribution in [2.75, 3.05) is 27.2 Å². The fourth-order valence-corrected chi connectivity index (χ4v) is 3.79. The van der Waals surface area contributed by atoms with Crippen molar-refractivity contribution >= 4 is 28.8 Å². The molecule has 1 unspecified atom stereocenters. The van der Waals surface area contributed by atoms with Gasteiger partial charge in [0.1, 0.15) is 5.82 Å². The van der Waals surface area contributed by atoms with E-state index in [9.17, 15) is 19.1 Å². The first kappa shape index (κ1) is 18.3. The van der Waals surface area contributed by atoms with E-state index in [-0.39, 0.29) is 11.1 Å². The zero-order valence-corrected chi connectivity index (χ0v) is 15.3. The van der Waals surface area contributed by atoms with Crippen molar-refractivity contribution in [1.29, 1.82) is 0 Å². The summed E-state index contributed by atoms with van der Waals surface area (Å²) < 4.78 is 13.2. The maximum Gasteiger partial charge on any atom is 0.295 e. The van der Waals surface area contributed by atoms with Gasteiger partial charge in [0.2, 0.25) is 5.78 Å². The smallest absolute Gasteiger partial charge is 0.295 e. The van der Waals surface area contributed by atoms with E-state index in [1.807, 2.05) is 31.6 Å². The van der Waals surface area contributed by atoms with Gasteiger partial charge in [0, 0.05) is 10.5 Å². The fraction of sp³-hybridized carbons (Fsp3) is 0.263. The molecule has 1 aromatic heterocycles. The second-order valence-electron chi connectivity index (χ2n) is 6.45. The van der Waals surface area contributed by atoms with Crippen LogP contribution >= 0.6 is 11.3 Å². The zero-order chi connectivity index (χ0) is 18.8. The topological polar surface area (TPSA) is 64.9 Å². The number of nitrogens with one attached hydrogen (secondary N) is 1. The van der Waals surface area contributed by atoms with E-state index in [0.717, 1.165) is 9.78 Å². The number of halogens is 1. The Balaban J connectivity index is 2.09. The fourth-order valence-electron chi connectivity index (χ4n) is 2.94. The predicted molar refractivity (Wildman–Crippen MR) is 94.8 cm³/mol. The SMILES string of the molecule is C[NH+](C)CCN1C(=O)C(=O)C(=C([O-])c2ccc(F)cc2)C1c1cccs1. The van der Waals surface area contributed by atoms with Gasteiger partial charge in [-0.15, -0.1) is 11.3 Å². The van der Waals surface area contributed by atoms with Gasteiger partial charge in [0.15, 0.2) is 0 Å². The van der Waals surface area contributed by atoms with Crippen molar-refractivity contribution in [2.45, 2.75) is 6.04 Å². The number of nitrogens with zero attached hydrogens (tertiary/aromatic N) is 1. The number of ketones is 1. The molecule has 5 nitrogen and oxygen atoms in total.